The standard InChI is InChI=1S/C13H15ClFN3/c1-2-11(16)6-9-4-3-5-12(15)13(9)18-8-10(14)7-17-18/h3-5,7-8,11H,2,6,16H2,1H3. The molecule has 3 nitrogen and oxygen atoms in total. The van der Waals surface area contributed by atoms with Crippen LogP contribution in [-0.4, -0.2) is 15.8 Å². The second-order valence-corrected chi connectivity index (χ2v) is 4.66. The van der Waals surface area contributed by atoms with E-state index < -0.39 is 0 Å². The first-order valence-corrected chi connectivity index (χ1v) is 6.23. The molecule has 1 aromatic carbocycles. The van der Waals surface area contributed by atoms with Crippen molar-refractivity contribution in [3.05, 3.63) is 47.0 Å². The Morgan fingerprint density at radius 3 is 2.89 bits per heavy atom. The lowest BCUT2D eigenvalue weighted by molar-refractivity contribution is 0.596. The number of benzene rings is 1. The fourth-order valence-electron chi connectivity index (χ4n) is 1.83. The third-order valence-corrected chi connectivity index (χ3v) is 3.05. The van der Waals surface area contributed by atoms with Gasteiger partial charge in [-0.15, -0.1) is 0 Å². The molecule has 0 aliphatic carbocycles. The van der Waals surface area contributed by atoms with E-state index in [-0.39, 0.29) is 11.9 Å². The molecule has 5 heteroatoms. The van der Waals surface area contributed by atoms with E-state index in [1.54, 1.807) is 12.3 Å². The fraction of sp³-hybridized carbons (Fsp3) is 0.308. The maximum Gasteiger partial charge on any atom is 0.149 e. The smallest absolute Gasteiger partial charge is 0.149 e. The summed E-state index contributed by atoms with van der Waals surface area (Å²) in [6.07, 6.45) is 4.52. The first-order chi connectivity index (χ1) is 8.61. The molecule has 2 rings (SSSR count). The summed E-state index contributed by atoms with van der Waals surface area (Å²) in [7, 11) is 0. The summed E-state index contributed by atoms with van der Waals surface area (Å²) in [5, 5.41) is 4.52. The number of aromatic nitrogens is 2. The molecule has 0 spiro atoms. The van der Waals surface area contributed by atoms with Crippen molar-refractivity contribution in [3.8, 4) is 5.69 Å². The molecule has 0 bridgehead atoms. The molecule has 1 atom stereocenters. The quantitative estimate of drug-likeness (QED) is 0.926. The van der Waals surface area contributed by atoms with Gasteiger partial charge >= 0.3 is 0 Å². The Morgan fingerprint density at radius 2 is 2.28 bits per heavy atom. The van der Waals surface area contributed by atoms with Gasteiger partial charge in [0.1, 0.15) is 11.5 Å². The molecule has 0 amide bonds. The maximum absolute atomic E-state index is 14.0. The number of nitrogens with two attached hydrogens (primary N) is 1. The number of hydrogen-bond donors (Lipinski definition) is 1. The normalized spacial score (nSPS) is 12.7. The van der Waals surface area contributed by atoms with E-state index >= 15 is 0 Å². The van der Waals surface area contributed by atoms with Gasteiger partial charge in [-0.1, -0.05) is 30.7 Å². The molecule has 18 heavy (non-hydrogen) atoms. The molecule has 0 radical (unpaired) electrons. The van der Waals surface area contributed by atoms with Crippen LogP contribution in [0.1, 0.15) is 18.9 Å². The molecule has 0 saturated carbocycles. The average Bonchev–Trinajstić information content (AvgIpc) is 2.75. The van der Waals surface area contributed by atoms with Crippen molar-refractivity contribution in [3.63, 3.8) is 0 Å². The minimum atomic E-state index is -0.324. The highest BCUT2D eigenvalue weighted by Crippen LogP contribution is 2.21. The van der Waals surface area contributed by atoms with Crippen LogP contribution in [0.4, 0.5) is 4.39 Å². The predicted molar refractivity (Wildman–Crippen MR) is 70.5 cm³/mol. The van der Waals surface area contributed by atoms with Gasteiger partial charge in [0.15, 0.2) is 0 Å². The molecule has 1 aromatic heterocycles. The van der Waals surface area contributed by atoms with E-state index in [4.69, 9.17) is 17.3 Å². The molecular formula is C13H15ClFN3. The van der Waals surface area contributed by atoms with Gasteiger partial charge < -0.3 is 5.73 Å². The van der Waals surface area contributed by atoms with Crippen LogP contribution in [0, 0.1) is 5.82 Å². The third-order valence-electron chi connectivity index (χ3n) is 2.86. The Balaban J connectivity index is 2.44. The van der Waals surface area contributed by atoms with E-state index in [0.29, 0.717) is 17.1 Å². The first-order valence-electron chi connectivity index (χ1n) is 5.85. The highest BCUT2D eigenvalue weighted by molar-refractivity contribution is 6.30. The van der Waals surface area contributed by atoms with Crippen molar-refractivity contribution in [2.45, 2.75) is 25.8 Å². The molecule has 0 fully saturated rings. The monoisotopic (exact) mass is 267 g/mol. The zero-order valence-electron chi connectivity index (χ0n) is 10.1. The molecule has 96 valence electrons. The SMILES string of the molecule is CCC(N)Cc1cccc(F)c1-n1cc(Cl)cn1. The van der Waals surface area contributed by atoms with Crippen molar-refractivity contribution < 1.29 is 4.39 Å². The Kier molecular flexibility index (Phi) is 3.99. The minimum Gasteiger partial charge on any atom is -0.327 e. The molecule has 1 heterocycles. The topological polar surface area (TPSA) is 43.8 Å². The van der Waals surface area contributed by atoms with Crippen molar-refractivity contribution in [1.82, 2.24) is 9.78 Å². The van der Waals surface area contributed by atoms with Crippen LogP contribution in [0.5, 0.6) is 0 Å². The highest BCUT2D eigenvalue weighted by Gasteiger charge is 2.13. The Morgan fingerprint density at radius 1 is 1.50 bits per heavy atom. The van der Waals surface area contributed by atoms with E-state index in [1.807, 2.05) is 13.0 Å². The average molecular weight is 268 g/mol. The van der Waals surface area contributed by atoms with Crippen LogP contribution in [0.25, 0.3) is 5.69 Å². The number of para-hydroxylation sites is 1. The third kappa shape index (κ3) is 2.71. The molecule has 2 N–H and O–H groups in total. The maximum atomic E-state index is 14.0. The Labute approximate surface area is 110 Å². The second-order valence-electron chi connectivity index (χ2n) is 4.22. The Bertz CT molecular complexity index is 539. The lowest BCUT2D eigenvalue weighted by Gasteiger charge is -2.14. The van der Waals surface area contributed by atoms with E-state index in [0.717, 1.165) is 12.0 Å². The van der Waals surface area contributed by atoms with Crippen molar-refractivity contribution in [1.29, 1.82) is 0 Å². The summed E-state index contributed by atoms with van der Waals surface area (Å²) in [5.41, 5.74) is 7.19. The number of halogens is 2. The van der Waals surface area contributed by atoms with E-state index in [9.17, 15) is 4.39 Å². The molecule has 2 aromatic rings. The van der Waals surface area contributed by atoms with Gasteiger partial charge in [0.05, 0.1) is 11.2 Å². The van der Waals surface area contributed by atoms with Gasteiger partial charge in [0.25, 0.3) is 0 Å². The van der Waals surface area contributed by atoms with Gasteiger partial charge in [-0.2, -0.15) is 5.10 Å². The zero-order valence-corrected chi connectivity index (χ0v) is 10.9. The summed E-state index contributed by atoms with van der Waals surface area (Å²) in [6, 6.07) is 4.97. The lowest BCUT2D eigenvalue weighted by atomic mass is 10.0. The van der Waals surface area contributed by atoms with Crippen LogP contribution in [0.3, 0.4) is 0 Å². The van der Waals surface area contributed by atoms with Crippen LogP contribution in [0.2, 0.25) is 5.02 Å². The number of nitrogens with zero attached hydrogens (tertiary/aromatic N) is 2. The molecule has 0 aliphatic rings. The van der Waals surface area contributed by atoms with E-state index in [1.165, 1.54) is 16.9 Å². The summed E-state index contributed by atoms with van der Waals surface area (Å²) in [6.45, 7) is 2.01. The van der Waals surface area contributed by atoms with Gasteiger partial charge in [-0.25, -0.2) is 9.07 Å². The molecular weight excluding hydrogens is 253 g/mol. The molecule has 0 saturated heterocycles. The van der Waals surface area contributed by atoms with Crippen molar-refractivity contribution >= 4 is 11.6 Å². The van der Waals surface area contributed by atoms with E-state index in [2.05, 4.69) is 5.10 Å². The van der Waals surface area contributed by atoms with Gasteiger partial charge in [-0.3, -0.25) is 0 Å². The summed E-state index contributed by atoms with van der Waals surface area (Å²) >= 11 is 5.82. The number of hydrogen-bond acceptors (Lipinski definition) is 2. The van der Waals surface area contributed by atoms with Gasteiger partial charge in [0, 0.05) is 12.2 Å². The van der Waals surface area contributed by atoms with Crippen LogP contribution in [-0.2, 0) is 6.42 Å². The van der Waals surface area contributed by atoms with Crippen LogP contribution >= 0.6 is 11.6 Å². The van der Waals surface area contributed by atoms with Crippen molar-refractivity contribution in [2.75, 3.05) is 0 Å². The summed E-state index contributed by atoms with van der Waals surface area (Å²) in [5.74, 6) is -0.324. The largest absolute Gasteiger partial charge is 0.327 e. The Hall–Kier alpha value is -1.39. The van der Waals surface area contributed by atoms with Crippen LogP contribution < -0.4 is 5.73 Å². The fourth-order valence-corrected chi connectivity index (χ4v) is 1.97. The minimum absolute atomic E-state index is 0.0107. The summed E-state index contributed by atoms with van der Waals surface area (Å²) in [4.78, 5) is 0. The van der Waals surface area contributed by atoms with Gasteiger partial charge in [0.2, 0.25) is 0 Å². The lowest BCUT2D eigenvalue weighted by Crippen LogP contribution is -2.22. The first kappa shape index (κ1) is 13.1. The summed E-state index contributed by atoms with van der Waals surface area (Å²) < 4.78 is 15.4. The highest BCUT2D eigenvalue weighted by atomic mass is 35.5. The molecule has 0 aliphatic heterocycles. The second kappa shape index (κ2) is 5.50. The number of rotatable bonds is 4. The zero-order chi connectivity index (χ0) is 13.1. The predicted octanol–water partition coefficient (Wildman–Crippen LogP) is 2.94. The van der Waals surface area contributed by atoms with Gasteiger partial charge in [-0.05, 0) is 24.5 Å². The molecule has 1 unspecified atom stereocenters. The van der Waals surface area contributed by atoms with Crippen molar-refractivity contribution in [2.24, 2.45) is 5.73 Å². The van der Waals surface area contributed by atoms with Crippen LogP contribution in [0.15, 0.2) is 30.6 Å².